The normalized spacial score (nSPS) is 11.6. The molecule has 20 heavy (non-hydrogen) atoms. The predicted octanol–water partition coefficient (Wildman–Crippen LogP) is 2.50. The van der Waals surface area contributed by atoms with Crippen LogP contribution in [0.1, 0.15) is 25.8 Å². The van der Waals surface area contributed by atoms with Crippen molar-refractivity contribution in [1.82, 2.24) is 4.98 Å². The molecule has 0 saturated carbocycles. The van der Waals surface area contributed by atoms with Gasteiger partial charge in [0.2, 0.25) is 0 Å². The first-order valence-corrected chi connectivity index (χ1v) is 8.03. The van der Waals surface area contributed by atoms with Gasteiger partial charge in [-0.3, -0.25) is 4.72 Å². The van der Waals surface area contributed by atoms with E-state index in [0.717, 1.165) is 4.88 Å². The molecule has 108 valence electrons. The number of carbonyl (C=O) groups is 1. The molecule has 2 heterocycles. The number of hydrogen-bond acceptors (Lipinski definition) is 4. The van der Waals surface area contributed by atoms with Crippen LogP contribution in [0, 0.1) is 20.8 Å². The van der Waals surface area contributed by atoms with E-state index in [1.807, 2.05) is 6.92 Å². The first kappa shape index (κ1) is 14.6. The summed E-state index contributed by atoms with van der Waals surface area (Å²) in [5, 5.41) is 9.11. The lowest BCUT2D eigenvalue weighted by molar-refractivity contribution is 0.0697. The van der Waals surface area contributed by atoms with E-state index in [9.17, 15) is 13.2 Å². The largest absolute Gasteiger partial charge is 0.478 e. The van der Waals surface area contributed by atoms with E-state index in [4.69, 9.17) is 5.11 Å². The van der Waals surface area contributed by atoms with Crippen LogP contribution in [-0.4, -0.2) is 24.5 Å². The summed E-state index contributed by atoms with van der Waals surface area (Å²) in [5.74, 6) is -1.18. The predicted molar refractivity (Wildman–Crippen MR) is 77.1 cm³/mol. The zero-order valence-electron chi connectivity index (χ0n) is 11.1. The van der Waals surface area contributed by atoms with E-state index in [1.165, 1.54) is 17.5 Å². The molecule has 6 nitrogen and oxygen atoms in total. The van der Waals surface area contributed by atoms with E-state index < -0.39 is 16.0 Å². The van der Waals surface area contributed by atoms with Crippen LogP contribution in [-0.2, 0) is 10.0 Å². The van der Waals surface area contributed by atoms with Gasteiger partial charge in [0, 0.05) is 21.6 Å². The first-order valence-electron chi connectivity index (χ1n) is 5.73. The van der Waals surface area contributed by atoms with Crippen molar-refractivity contribution in [3.8, 4) is 0 Å². The fourth-order valence-electron chi connectivity index (χ4n) is 1.96. The molecule has 0 aliphatic heterocycles. The van der Waals surface area contributed by atoms with Crippen LogP contribution >= 0.6 is 11.3 Å². The molecule has 0 aliphatic rings. The van der Waals surface area contributed by atoms with E-state index in [-0.39, 0.29) is 16.1 Å². The third-order valence-corrected chi connectivity index (χ3v) is 5.41. The fourth-order valence-corrected chi connectivity index (χ4v) is 4.58. The third kappa shape index (κ3) is 2.56. The van der Waals surface area contributed by atoms with Crippen LogP contribution < -0.4 is 4.72 Å². The van der Waals surface area contributed by atoms with Crippen molar-refractivity contribution in [1.29, 1.82) is 0 Å². The number of nitrogens with one attached hydrogen (secondary N) is 2. The Balaban J connectivity index is 2.44. The topological polar surface area (TPSA) is 99.3 Å². The number of rotatable bonds is 4. The summed E-state index contributed by atoms with van der Waals surface area (Å²) < 4.78 is 26.9. The van der Waals surface area contributed by atoms with Gasteiger partial charge in [-0.25, -0.2) is 13.2 Å². The van der Waals surface area contributed by atoms with Crippen LogP contribution in [0.4, 0.5) is 5.69 Å². The third-order valence-electron chi connectivity index (χ3n) is 2.82. The van der Waals surface area contributed by atoms with Crippen molar-refractivity contribution in [2.24, 2.45) is 0 Å². The molecule has 2 aromatic rings. The number of hydrogen-bond donors (Lipinski definition) is 3. The lowest BCUT2D eigenvalue weighted by Gasteiger charge is -2.07. The van der Waals surface area contributed by atoms with E-state index in [1.54, 1.807) is 19.9 Å². The zero-order chi connectivity index (χ0) is 15.1. The van der Waals surface area contributed by atoms with E-state index >= 15 is 0 Å². The highest BCUT2D eigenvalue weighted by Gasteiger charge is 2.23. The van der Waals surface area contributed by atoms with Crippen molar-refractivity contribution in [3.05, 3.63) is 33.3 Å². The van der Waals surface area contributed by atoms with Gasteiger partial charge in [-0.05, 0) is 26.8 Å². The van der Waals surface area contributed by atoms with Gasteiger partial charge in [0.25, 0.3) is 10.0 Å². The van der Waals surface area contributed by atoms with Crippen molar-refractivity contribution < 1.29 is 18.3 Å². The van der Waals surface area contributed by atoms with Crippen LogP contribution in [0.2, 0.25) is 0 Å². The summed E-state index contributed by atoms with van der Waals surface area (Å²) in [6, 6.07) is 1.57. The molecule has 0 radical (unpaired) electrons. The molecular formula is C12H14N2O4S2. The van der Waals surface area contributed by atoms with Gasteiger partial charge in [-0.2, -0.15) is 0 Å². The molecule has 0 aromatic carbocycles. The van der Waals surface area contributed by atoms with Gasteiger partial charge in [0.05, 0.1) is 5.69 Å². The average Bonchev–Trinajstić information content (AvgIpc) is 2.82. The van der Waals surface area contributed by atoms with E-state index in [0.29, 0.717) is 10.6 Å². The van der Waals surface area contributed by atoms with Gasteiger partial charge in [0.1, 0.15) is 10.5 Å². The van der Waals surface area contributed by atoms with Crippen LogP contribution in [0.5, 0.6) is 0 Å². The maximum Gasteiger partial charge on any atom is 0.339 e. The Bertz CT molecular complexity index is 771. The zero-order valence-corrected chi connectivity index (χ0v) is 12.8. The van der Waals surface area contributed by atoms with Gasteiger partial charge < -0.3 is 10.1 Å². The second-order valence-corrected chi connectivity index (χ2v) is 7.50. The molecule has 2 rings (SSSR count). The Morgan fingerprint density at radius 3 is 2.50 bits per heavy atom. The number of aromatic amines is 1. The van der Waals surface area contributed by atoms with E-state index in [2.05, 4.69) is 9.71 Å². The minimum absolute atomic E-state index is 0.0400. The first-order chi connectivity index (χ1) is 9.22. The van der Waals surface area contributed by atoms with Crippen LogP contribution in [0.3, 0.4) is 0 Å². The number of carboxylic acid groups (broad SMARTS) is 1. The Hall–Kier alpha value is -1.80. The van der Waals surface area contributed by atoms with Gasteiger partial charge >= 0.3 is 5.97 Å². The lowest BCUT2D eigenvalue weighted by Crippen LogP contribution is -2.15. The molecule has 0 atom stereocenters. The molecule has 0 aliphatic carbocycles. The number of aryl methyl sites for hydroxylation is 3. The molecule has 2 aromatic heterocycles. The van der Waals surface area contributed by atoms with Crippen molar-refractivity contribution in [3.63, 3.8) is 0 Å². The fraction of sp³-hybridized carbons (Fsp3) is 0.250. The Morgan fingerprint density at radius 2 is 2.00 bits per heavy atom. The van der Waals surface area contributed by atoms with Crippen LogP contribution in [0.15, 0.2) is 17.2 Å². The molecule has 8 heteroatoms. The maximum atomic E-state index is 12.3. The summed E-state index contributed by atoms with van der Waals surface area (Å²) in [7, 11) is -3.79. The van der Waals surface area contributed by atoms with Crippen molar-refractivity contribution in [2.75, 3.05) is 4.72 Å². The summed E-state index contributed by atoms with van der Waals surface area (Å²) in [6.07, 6.45) is 1.34. The maximum absolute atomic E-state index is 12.3. The van der Waals surface area contributed by atoms with Gasteiger partial charge in [0.15, 0.2) is 0 Å². The highest BCUT2D eigenvalue weighted by atomic mass is 32.2. The lowest BCUT2D eigenvalue weighted by atomic mass is 10.2. The number of carboxylic acids is 1. The molecule has 0 unspecified atom stereocenters. The highest BCUT2D eigenvalue weighted by molar-refractivity contribution is 7.93. The number of H-pyrrole nitrogens is 1. The summed E-state index contributed by atoms with van der Waals surface area (Å²) in [4.78, 5) is 15.6. The summed E-state index contributed by atoms with van der Waals surface area (Å²) >= 11 is 1.38. The molecule has 0 bridgehead atoms. The van der Waals surface area contributed by atoms with Gasteiger partial charge in [-0.15, -0.1) is 11.3 Å². The Morgan fingerprint density at radius 1 is 1.35 bits per heavy atom. The van der Waals surface area contributed by atoms with Crippen molar-refractivity contribution >= 4 is 33.0 Å². The molecule has 0 saturated heterocycles. The van der Waals surface area contributed by atoms with Crippen molar-refractivity contribution in [2.45, 2.75) is 25.7 Å². The quantitative estimate of drug-likeness (QED) is 0.807. The van der Waals surface area contributed by atoms with Crippen LogP contribution in [0.25, 0.3) is 0 Å². The summed E-state index contributed by atoms with van der Waals surface area (Å²) in [6.45, 7) is 5.10. The SMILES string of the molecule is Cc1cc(S(=O)(=O)Nc2c[nH]c(C)c2C(=O)O)c(C)s1. The Kier molecular flexibility index (Phi) is 3.61. The number of anilines is 1. The average molecular weight is 314 g/mol. The number of thiophene rings is 1. The Labute approximate surface area is 120 Å². The number of aromatic carboxylic acids is 1. The molecule has 0 fully saturated rings. The minimum Gasteiger partial charge on any atom is -0.478 e. The van der Waals surface area contributed by atoms with Gasteiger partial charge in [-0.1, -0.05) is 0 Å². The molecule has 0 amide bonds. The molecular weight excluding hydrogens is 300 g/mol. The standard InChI is InChI=1S/C12H14N2O4S2/c1-6-4-10(8(3)19-6)20(17,18)14-9-5-13-7(2)11(9)12(15)16/h4-5,13-14H,1-3H3,(H,15,16). The second-order valence-electron chi connectivity index (χ2n) is 4.39. The number of sulfonamides is 1. The smallest absolute Gasteiger partial charge is 0.339 e. The number of aromatic nitrogens is 1. The monoisotopic (exact) mass is 314 g/mol. The summed E-state index contributed by atoms with van der Waals surface area (Å²) in [5.41, 5.74) is 0.366. The molecule has 3 N–H and O–H groups in total. The molecule has 0 spiro atoms. The second kappa shape index (κ2) is 4.95. The highest BCUT2D eigenvalue weighted by Crippen LogP contribution is 2.28. The minimum atomic E-state index is -3.79.